The lowest BCUT2D eigenvalue weighted by atomic mass is 10.1. The average molecular weight is 361 g/mol. The van der Waals surface area contributed by atoms with Gasteiger partial charge in [0.05, 0.1) is 6.61 Å². The number of hydrogen-bond donors (Lipinski definition) is 0. The molecule has 0 radical (unpaired) electrons. The van der Waals surface area contributed by atoms with Gasteiger partial charge in [0, 0.05) is 45.3 Å². The van der Waals surface area contributed by atoms with E-state index in [9.17, 15) is 9.59 Å². The van der Waals surface area contributed by atoms with Crippen LogP contribution in [0.1, 0.15) is 42.5 Å². The predicted molar refractivity (Wildman–Crippen MR) is 97.3 cm³/mol. The molecule has 2 aliphatic rings. The number of ether oxygens (including phenoxy) is 1. The molecule has 8 nitrogen and oxygen atoms in total. The number of aromatic nitrogens is 2. The molecule has 2 amide bonds. The number of piperidine rings is 1. The van der Waals surface area contributed by atoms with Gasteiger partial charge in [-0.1, -0.05) is 0 Å². The molecule has 0 aliphatic carbocycles. The minimum Gasteiger partial charge on any atom is -0.450 e. The molecule has 0 atom stereocenters. The fraction of sp³-hybridized carbons (Fsp3) is 0.667. The molecular formula is C18H27N5O3. The van der Waals surface area contributed by atoms with Crippen LogP contribution in [0.3, 0.4) is 0 Å². The van der Waals surface area contributed by atoms with Crippen molar-refractivity contribution >= 4 is 17.8 Å². The lowest BCUT2D eigenvalue weighted by molar-refractivity contribution is 0.0718. The number of likely N-dealkylation sites (tertiary alicyclic amines) is 1. The highest BCUT2D eigenvalue weighted by atomic mass is 16.6. The average Bonchev–Trinajstić information content (AvgIpc) is 2.68. The van der Waals surface area contributed by atoms with Crippen LogP contribution in [0.5, 0.6) is 0 Å². The zero-order chi connectivity index (χ0) is 18.5. The van der Waals surface area contributed by atoms with Gasteiger partial charge in [0.2, 0.25) is 0 Å². The quantitative estimate of drug-likeness (QED) is 0.815. The first-order valence-corrected chi connectivity index (χ1v) is 9.40. The third-order valence-electron chi connectivity index (χ3n) is 4.82. The molecule has 0 aromatic carbocycles. The molecule has 3 heterocycles. The molecule has 1 aromatic rings. The Kier molecular flexibility index (Phi) is 5.90. The summed E-state index contributed by atoms with van der Waals surface area (Å²) in [6.07, 6.45) is 3.02. The molecule has 0 saturated carbocycles. The second-order valence-corrected chi connectivity index (χ2v) is 6.68. The Morgan fingerprint density at radius 1 is 1.00 bits per heavy atom. The van der Waals surface area contributed by atoms with E-state index in [-0.39, 0.29) is 12.0 Å². The van der Waals surface area contributed by atoms with Crippen molar-refractivity contribution in [2.45, 2.75) is 33.1 Å². The SMILES string of the molecule is CCOC(=O)N1CCN(c2cc(C(=O)N3CCCCC3)nc(C)n2)CC1. The van der Waals surface area contributed by atoms with Gasteiger partial charge in [-0.25, -0.2) is 14.8 Å². The van der Waals surface area contributed by atoms with E-state index < -0.39 is 0 Å². The van der Waals surface area contributed by atoms with Crippen molar-refractivity contribution < 1.29 is 14.3 Å². The Labute approximate surface area is 154 Å². The van der Waals surface area contributed by atoms with Gasteiger partial charge in [-0.3, -0.25) is 4.79 Å². The Morgan fingerprint density at radius 2 is 1.69 bits per heavy atom. The normalized spacial score (nSPS) is 18.0. The van der Waals surface area contributed by atoms with Crippen LogP contribution in [0.2, 0.25) is 0 Å². The zero-order valence-corrected chi connectivity index (χ0v) is 15.6. The van der Waals surface area contributed by atoms with E-state index in [0.717, 1.165) is 31.7 Å². The van der Waals surface area contributed by atoms with Crippen LogP contribution >= 0.6 is 0 Å². The number of rotatable bonds is 3. The van der Waals surface area contributed by atoms with Gasteiger partial charge in [-0.05, 0) is 33.1 Å². The molecule has 26 heavy (non-hydrogen) atoms. The first-order valence-electron chi connectivity index (χ1n) is 9.40. The molecule has 0 bridgehead atoms. The van der Waals surface area contributed by atoms with Gasteiger partial charge < -0.3 is 19.4 Å². The second kappa shape index (κ2) is 8.33. The summed E-state index contributed by atoms with van der Waals surface area (Å²) in [5.41, 5.74) is 0.460. The summed E-state index contributed by atoms with van der Waals surface area (Å²) < 4.78 is 5.05. The zero-order valence-electron chi connectivity index (χ0n) is 15.6. The number of carbonyl (C=O) groups is 2. The van der Waals surface area contributed by atoms with Crippen molar-refractivity contribution in [2.75, 3.05) is 50.8 Å². The van der Waals surface area contributed by atoms with Gasteiger partial charge in [0.1, 0.15) is 17.3 Å². The summed E-state index contributed by atoms with van der Waals surface area (Å²) in [6, 6.07) is 1.78. The Bertz CT molecular complexity index is 652. The maximum absolute atomic E-state index is 12.7. The smallest absolute Gasteiger partial charge is 0.409 e. The van der Waals surface area contributed by atoms with Crippen LogP contribution in [0.25, 0.3) is 0 Å². The summed E-state index contributed by atoms with van der Waals surface area (Å²) >= 11 is 0. The lowest BCUT2D eigenvalue weighted by Gasteiger charge is -2.35. The fourth-order valence-corrected chi connectivity index (χ4v) is 3.42. The standard InChI is InChI=1S/C18H27N5O3/c1-3-26-18(25)23-11-9-21(10-12-23)16-13-15(19-14(2)20-16)17(24)22-7-5-4-6-8-22/h13H,3-12H2,1-2H3. The van der Waals surface area contributed by atoms with Crippen LogP contribution < -0.4 is 4.90 Å². The van der Waals surface area contributed by atoms with E-state index in [1.807, 2.05) is 11.8 Å². The molecule has 1 aromatic heterocycles. The van der Waals surface area contributed by atoms with E-state index in [4.69, 9.17) is 4.74 Å². The van der Waals surface area contributed by atoms with Gasteiger partial charge in [-0.15, -0.1) is 0 Å². The Balaban J connectivity index is 1.68. The highest BCUT2D eigenvalue weighted by Crippen LogP contribution is 2.18. The number of amides is 2. The number of hydrogen-bond acceptors (Lipinski definition) is 6. The monoisotopic (exact) mass is 361 g/mol. The van der Waals surface area contributed by atoms with Crippen molar-refractivity contribution in [3.05, 3.63) is 17.6 Å². The van der Waals surface area contributed by atoms with Crippen molar-refractivity contribution in [3.8, 4) is 0 Å². The molecule has 142 valence electrons. The number of piperazine rings is 1. The Morgan fingerprint density at radius 3 is 2.35 bits per heavy atom. The van der Waals surface area contributed by atoms with E-state index in [2.05, 4.69) is 14.9 Å². The lowest BCUT2D eigenvalue weighted by Crippen LogP contribution is -2.49. The Hall–Kier alpha value is -2.38. The van der Waals surface area contributed by atoms with Crippen molar-refractivity contribution in [1.29, 1.82) is 0 Å². The van der Waals surface area contributed by atoms with Gasteiger partial charge in [-0.2, -0.15) is 0 Å². The van der Waals surface area contributed by atoms with E-state index in [1.54, 1.807) is 17.9 Å². The van der Waals surface area contributed by atoms with Crippen molar-refractivity contribution in [1.82, 2.24) is 19.8 Å². The summed E-state index contributed by atoms with van der Waals surface area (Å²) in [7, 11) is 0. The molecule has 0 N–H and O–H groups in total. The van der Waals surface area contributed by atoms with Crippen LogP contribution in [0.4, 0.5) is 10.6 Å². The van der Waals surface area contributed by atoms with Crippen LogP contribution in [-0.2, 0) is 4.74 Å². The second-order valence-electron chi connectivity index (χ2n) is 6.68. The molecule has 0 unspecified atom stereocenters. The maximum Gasteiger partial charge on any atom is 0.409 e. The van der Waals surface area contributed by atoms with Crippen LogP contribution in [0, 0.1) is 6.92 Å². The minimum atomic E-state index is -0.271. The van der Waals surface area contributed by atoms with E-state index in [0.29, 0.717) is 44.3 Å². The molecule has 2 aliphatic heterocycles. The van der Waals surface area contributed by atoms with Crippen LogP contribution in [-0.4, -0.2) is 77.6 Å². The number of anilines is 1. The predicted octanol–water partition coefficient (Wildman–Crippen LogP) is 1.69. The summed E-state index contributed by atoms with van der Waals surface area (Å²) in [6.45, 7) is 8.08. The minimum absolute atomic E-state index is 0.0124. The number of aryl methyl sites for hydroxylation is 1. The van der Waals surface area contributed by atoms with E-state index >= 15 is 0 Å². The maximum atomic E-state index is 12.7. The largest absolute Gasteiger partial charge is 0.450 e. The van der Waals surface area contributed by atoms with Crippen LogP contribution in [0.15, 0.2) is 6.07 Å². The third-order valence-corrected chi connectivity index (χ3v) is 4.82. The van der Waals surface area contributed by atoms with Gasteiger partial charge >= 0.3 is 6.09 Å². The van der Waals surface area contributed by atoms with Crippen molar-refractivity contribution in [3.63, 3.8) is 0 Å². The highest BCUT2D eigenvalue weighted by Gasteiger charge is 2.25. The summed E-state index contributed by atoms with van der Waals surface area (Å²) in [5.74, 6) is 1.33. The summed E-state index contributed by atoms with van der Waals surface area (Å²) in [5, 5.41) is 0. The first kappa shape index (κ1) is 18.4. The molecule has 2 fully saturated rings. The third kappa shape index (κ3) is 4.23. The number of carbonyl (C=O) groups excluding carboxylic acids is 2. The summed E-state index contributed by atoms with van der Waals surface area (Å²) in [4.78, 5) is 39.1. The molecule has 2 saturated heterocycles. The van der Waals surface area contributed by atoms with Gasteiger partial charge in [0.15, 0.2) is 0 Å². The van der Waals surface area contributed by atoms with E-state index in [1.165, 1.54) is 6.42 Å². The molecule has 3 rings (SSSR count). The fourth-order valence-electron chi connectivity index (χ4n) is 3.42. The number of nitrogens with zero attached hydrogens (tertiary/aromatic N) is 5. The molecular weight excluding hydrogens is 334 g/mol. The highest BCUT2D eigenvalue weighted by molar-refractivity contribution is 5.93. The van der Waals surface area contributed by atoms with Crippen molar-refractivity contribution in [2.24, 2.45) is 0 Å². The first-order chi connectivity index (χ1) is 12.6. The topological polar surface area (TPSA) is 78.9 Å². The van der Waals surface area contributed by atoms with Gasteiger partial charge in [0.25, 0.3) is 5.91 Å². The molecule has 0 spiro atoms. The molecule has 8 heteroatoms.